The predicted molar refractivity (Wildman–Crippen MR) is 88.9 cm³/mol. The average Bonchev–Trinajstić information content (AvgIpc) is 3.21. The average molecular weight is 344 g/mol. The van der Waals surface area contributed by atoms with Crippen molar-refractivity contribution in [1.82, 2.24) is 20.0 Å². The standard InChI is InChI=1S/C16H16N4O3S/c1-10-14(24-16(18-10)22-3)15(21)20(2)9-12-7-13(19-23-12)11-5-4-6-17-8-11/h4-8H,9H2,1-3H3. The molecule has 0 saturated carbocycles. The maximum absolute atomic E-state index is 12.5. The second-order valence-corrected chi connectivity index (χ2v) is 6.14. The molecule has 0 fully saturated rings. The molecule has 7 nitrogen and oxygen atoms in total. The summed E-state index contributed by atoms with van der Waals surface area (Å²) in [5, 5.41) is 4.50. The van der Waals surface area contributed by atoms with Crippen molar-refractivity contribution in [1.29, 1.82) is 0 Å². The van der Waals surface area contributed by atoms with Gasteiger partial charge in [0.15, 0.2) is 5.76 Å². The Kier molecular flexibility index (Phi) is 4.57. The number of methoxy groups -OCH3 is 1. The Labute approximate surface area is 142 Å². The van der Waals surface area contributed by atoms with Gasteiger partial charge in [-0.25, -0.2) is 4.98 Å². The van der Waals surface area contributed by atoms with Crippen molar-refractivity contribution in [3.63, 3.8) is 0 Å². The number of aromatic nitrogens is 3. The van der Waals surface area contributed by atoms with Crippen LogP contribution < -0.4 is 4.74 Å². The Hall–Kier alpha value is -2.74. The van der Waals surface area contributed by atoms with Crippen LogP contribution in [0.2, 0.25) is 0 Å². The van der Waals surface area contributed by atoms with Crippen molar-refractivity contribution in [2.45, 2.75) is 13.5 Å². The highest BCUT2D eigenvalue weighted by atomic mass is 32.1. The van der Waals surface area contributed by atoms with Gasteiger partial charge in [-0.3, -0.25) is 9.78 Å². The van der Waals surface area contributed by atoms with E-state index in [0.29, 0.717) is 33.8 Å². The summed E-state index contributed by atoms with van der Waals surface area (Å²) in [5.74, 6) is 0.464. The lowest BCUT2D eigenvalue weighted by Gasteiger charge is -2.14. The number of amides is 1. The quantitative estimate of drug-likeness (QED) is 0.708. The van der Waals surface area contributed by atoms with Gasteiger partial charge in [-0.05, 0) is 19.1 Å². The van der Waals surface area contributed by atoms with E-state index >= 15 is 0 Å². The molecule has 124 valence electrons. The first-order valence-corrected chi connectivity index (χ1v) is 8.03. The molecule has 0 saturated heterocycles. The maximum atomic E-state index is 12.5. The van der Waals surface area contributed by atoms with E-state index in [1.807, 2.05) is 12.1 Å². The fraction of sp³-hybridized carbons (Fsp3) is 0.250. The van der Waals surface area contributed by atoms with Crippen LogP contribution in [0.15, 0.2) is 35.1 Å². The first-order valence-electron chi connectivity index (χ1n) is 7.21. The smallest absolute Gasteiger partial charge is 0.273 e. The van der Waals surface area contributed by atoms with Gasteiger partial charge in [-0.1, -0.05) is 16.5 Å². The van der Waals surface area contributed by atoms with Crippen LogP contribution in [0.5, 0.6) is 5.19 Å². The van der Waals surface area contributed by atoms with Gasteiger partial charge in [-0.15, -0.1) is 0 Å². The number of nitrogens with zero attached hydrogens (tertiary/aromatic N) is 4. The molecule has 24 heavy (non-hydrogen) atoms. The van der Waals surface area contributed by atoms with Crippen LogP contribution in [0.3, 0.4) is 0 Å². The Morgan fingerprint density at radius 1 is 1.46 bits per heavy atom. The van der Waals surface area contributed by atoms with Crippen LogP contribution in [-0.2, 0) is 6.54 Å². The lowest BCUT2D eigenvalue weighted by molar-refractivity contribution is 0.0776. The number of hydrogen-bond acceptors (Lipinski definition) is 7. The number of ether oxygens (including phenoxy) is 1. The molecule has 0 bridgehead atoms. The third-order valence-electron chi connectivity index (χ3n) is 3.40. The van der Waals surface area contributed by atoms with Crippen molar-refractivity contribution >= 4 is 17.2 Å². The van der Waals surface area contributed by atoms with Crippen molar-refractivity contribution in [2.75, 3.05) is 14.2 Å². The van der Waals surface area contributed by atoms with Crippen molar-refractivity contribution in [3.05, 3.63) is 46.9 Å². The normalized spacial score (nSPS) is 10.6. The van der Waals surface area contributed by atoms with E-state index in [1.165, 1.54) is 18.4 Å². The van der Waals surface area contributed by atoms with Gasteiger partial charge in [0.25, 0.3) is 11.1 Å². The van der Waals surface area contributed by atoms with Crippen molar-refractivity contribution in [3.8, 4) is 16.5 Å². The summed E-state index contributed by atoms with van der Waals surface area (Å²) in [6.07, 6.45) is 3.41. The number of carbonyl (C=O) groups excluding carboxylic acids is 1. The van der Waals surface area contributed by atoms with Gasteiger partial charge >= 0.3 is 0 Å². The van der Waals surface area contributed by atoms with Crippen LogP contribution in [0, 0.1) is 6.92 Å². The summed E-state index contributed by atoms with van der Waals surface area (Å²) < 4.78 is 10.4. The third-order valence-corrected chi connectivity index (χ3v) is 4.51. The molecular weight excluding hydrogens is 328 g/mol. The highest BCUT2D eigenvalue weighted by Gasteiger charge is 2.21. The zero-order chi connectivity index (χ0) is 17.1. The predicted octanol–water partition coefficient (Wildman–Crippen LogP) is 2.78. The zero-order valence-corrected chi connectivity index (χ0v) is 14.3. The summed E-state index contributed by atoms with van der Waals surface area (Å²) in [6, 6.07) is 5.54. The summed E-state index contributed by atoms with van der Waals surface area (Å²) in [6.45, 7) is 2.10. The first-order chi connectivity index (χ1) is 11.6. The molecule has 3 rings (SSSR count). The van der Waals surface area contributed by atoms with Crippen LogP contribution in [-0.4, -0.2) is 40.1 Å². The molecule has 0 N–H and O–H groups in total. The summed E-state index contributed by atoms with van der Waals surface area (Å²) in [5.41, 5.74) is 2.21. The molecule has 0 atom stereocenters. The molecule has 0 aromatic carbocycles. The van der Waals surface area contributed by atoms with E-state index in [9.17, 15) is 4.79 Å². The van der Waals surface area contributed by atoms with Crippen LogP contribution in [0.25, 0.3) is 11.3 Å². The molecule has 0 spiro atoms. The Balaban J connectivity index is 1.73. The Morgan fingerprint density at radius 2 is 2.29 bits per heavy atom. The molecule has 0 aliphatic heterocycles. The highest BCUT2D eigenvalue weighted by molar-refractivity contribution is 7.15. The monoisotopic (exact) mass is 344 g/mol. The van der Waals surface area contributed by atoms with Gasteiger partial charge in [-0.2, -0.15) is 0 Å². The van der Waals surface area contributed by atoms with Crippen LogP contribution in [0.4, 0.5) is 0 Å². The molecule has 3 aromatic heterocycles. The first kappa shape index (κ1) is 16.1. The van der Waals surface area contributed by atoms with Crippen molar-refractivity contribution in [2.24, 2.45) is 0 Å². The van der Waals surface area contributed by atoms with Crippen LogP contribution in [0.1, 0.15) is 21.1 Å². The molecule has 0 aliphatic carbocycles. The lowest BCUT2D eigenvalue weighted by Crippen LogP contribution is -2.25. The minimum Gasteiger partial charge on any atom is -0.473 e. The fourth-order valence-corrected chi connectivity index (χ4v) is 3.05. The van der Waals surface area contributed by atoms with E-state index in [-0.39, 0.29) is 5.91 Å². The molecule has 0 unspecified atom stereocenters. The van der Waals surface area contributed by atoms with E-state index in [1.54, 1.807) is 37.3 Å². The zero-order valence-electron chi connectivity index (χ0n) is 13.5. The van der Waals surface area contributed by atoms with Gasteiger partial charge in [0, 0.05) is 31.1 Å². The number of pyridine rings is 1. The summed E-state index contributed by atoms with van der Waals surface area (Å²) >= 11 is 1.23. The van der Waals surface area contributed by atoms with Gasteiger partial charge in [0.2, 0.25) is 0 Å². The minimum absolute atomic E-state index is 0.132. The Bertz CT molecular complexity index is 844. The summed E-state index contributed by atoms with van der Waals surface area (Å²) in [4.78, 5) is 22.9. The number of thiazole rings is 1. The summed E-state index contributed by atoms with van der Waals surface area (Å²) in [7, 11) is 3.24. The van der Waals surface area contributed by atoms with Crippen molar-refractivity contribution < 1.29 is 14.1 Å². The van der Waals surface area contributed by atoms with Gasteiger partial charge in [0.1, 0.15) is 10.6 Å². The molecule has 3 aromatic rings. The Morgan fingerprint density at radius 3 is 2.96 bits per heavy atom. The second kappa shape index (κ2) is 6.79. The van der Waals surface area contributed by atoms with E-state index in [4.69, 9.17) is 9.26 Å². The number of carbonyl (C=O) groups is 1. The third kappa shape index (κ3) is 3.28. The largest absolute Gasteiger partial charge is 0.473 e. The van der Waals surface area contributed by atoms with Gasteiger partial charge < -0.3 is 14.2 Å². The van der Waals surface area contributed by atoms with E-state index in [2.05, 4.69) is 15.1 Å². The van der Waals surface area contributed by atoms with E-state index < -0.39 is 0 Å². The second-order valence-electron chi connectivity index (χ2n) is 5.18. The van der Waals surface area contributed by atoms with E-state index in [0.717, 1.165) is 5.56 Å². The molecule has 1 amide bonds. The van der Waals surface area contributed by atoms with Crippen LogP contribution >= 0.6 is 11.3 Å². The molecule has 3 heterocycles. The number of hydrogen-bond donors (Lipinski definition) is 0. The highest BCUT2D eigenvalue weighted by Crippen LogP contribution is 2.26. The lowest BCUT2D eigenvalue weighted by atomic mass is 10.2. The molecule has 0 aliphatic rings. The SMILES string of the molecule is COc1nc(C)c(C(=O)N(C)Cc2cc(-c3cccnc3)no2)s1. The maximum Gasteiger partial charge on any atom is 0.273 e. The topological polar surface area (TPSA) is 81.4 Å². The molecular formula is C16H16N4O3S. The van der Waals surface area contributed by atoms with Gasteiger partial charge in [0.05, 0.1) is 19.3 Å². The fourth-order valence-electron chi connectivity index (χ4n) is 2.17. The minimum atomic E-state index is -0.132. The number of aryl methyl sites for hydroxylation is 1. The molecule has 8 heteroatoms. The molecule has 0 radical (unpaired) electrons. The number of rotatable bonds is 5.